The fourth-order valence-corrected chi connectivity index (χ4v) is 3.05. The fourth-order valence-electron chi connectivity index (χ4n) is 3.05. The highest BCUT2D eigenvalue weighted by Crippen LogP contribution is 2.28. The van der Waals surface area contributed by atoms with Crippen LogP contribution in [0.15, 0.2) is 91.9 Å². The minimum Gasteiger partial charge on any atom is -0.495 e. The number of benzene rings is 2. The van der Waals surface area contributed by atoms with E-state index in [1.807, 2.05) is 18.2 Å². The maximum Gasteiger partial charge on any atom is 0.262 e. The van der Waals surface area contributed by atoms with E-state index in [9.17, 15) is 9.59 Å². The Morgan fingerprint density at radius 3 is 2.44 bits per heavy atom. The van der Waals surface area contributed by atoms with E-state index in [4.69, 9.17) is 9.47 Å². The van der Waals surface area contributed by atoms with E-state index in [2.05, 4.69) is 37.5 Å². The van der Waals surface area contributed by atoms with Gasteiger partial charge in [0.25, 0.3) is 5.91 Å². The summed E-state index contributed by atoms with van der Waals surface area (Å²) in [5.74, 6) is 0.251. The molecule has 2 amide bonds. The molecular weight excluding hydrogens is 460 g/mol. The van der Waals surface area contributed by atoms with Gasteiger partial charge < -0.3 is 25.4 Å². The molecule has 0 spiro atoms. The Morgan fingerprint density at radius 2 is 1.67 bits per heavy atom. The Morgan fingerprint density at radius 1 is 0.889 bits per heavy atom. The minimum atomic E-state index is -0.457. The van der Waals surface area contributed by atoms with E-state index in [1.54, 1.807) is 54.9 Å². The lowest BCUT2D eigenvalue weighted by atomic mass is 10.2. The van der Waals surface area contributed by atoms with E-state index in [1.165, 1.54) is 13.3 Å². The van der Waals surface area contributed by atoms with Crippen molar-refractivity contribution in [2.24, 2.45) is 0 Å². The van der Waals surface area contributed by atoms with Gasteiger partial charge in [-0.1, -0.05) is 30.8 Å². The standard InChI is InChI=1S/C26H22N6O4/c1-3-23(33)29-18-10-7-11-20(12-18)36-25-22(24(34)30-17-8-5-4-6-9-17)16-28-26(32-25)31-19-13-21(35-2)15-27-14-19/h3-16H,1H2,2H3,(H,29,33)(H,30,34)(H,28,31,32). The highest BCUT2D eigenvalue weighted by molar-refractivity contribution is 6.05. The van der Waals surface area contributed by atoms with Gasteiger partial charge in [0.15, 0.2) is 0 Å². The van der Waals surface area contributed by atoms with Gasteiger partial charge in [-0.15, -0.1) is 0 Å². The number of rotatable bonds is 9. The predicted octanol–water partition coefficient (Wildman–Crippen LogP) is 4.79. The molecule has 0 saturated heterocycles. The van der Waals surface area contributed by atoms with Crippen molar-refractivity contribution in [3.8, 4) is 17.4 Å². The van der Waals surface area contributed by atoms with E-state index in [-0.39, 0.29) is 23.3 Å². The summed E-state index contributed by atoms with van der Waals surface area (Å²) in [6.07, 6.45) is 5.67. The number of methoxy groups -OCH3 is 1. The van der Waals surface area contributed by atoms with E-state index in [0.29, 0.717) is 28.6 Å². The van der Waals surface area contributed by atoms with Crippen LogP contribution in [0.25, 0.3) is 0 Å². The van der Waals surface area contributed by atoms with Gasteiger partial charge in [0, 0.05) is 29.7 Å². The molecule has 36 heavy (non-hydrogen) atoms. The normalized spacial score (nSPS) is 10.1. The topological polar surface area (TPSA) is 127 Å². The van der Waals surface area contributed by atoms with E-state index < -0.39 is 5.91 Å². The number of para-hydroxylation sites is 1. The van der Waals surface area contributed by atoms with Gasteiger partial charge in [-0.25, -0.2) is 4.98 Å². The number of amides is 2. The zero-order chi connectivity index (χ0) is 25.3. The summed E-state index contributed by atoms with van der Waals surface area (Å²) in [5, 5.41) is 8.48. The van der Waals surface area contributed by atoms with Crippen LogP contribution in [0.1, 0.15) is 10.4 Å². The second-order valence-corrected chi connectivity index (χ2v) is 7.29. The van der Waals surface area contributed by atoms with Crippen LogP contribution in [-0.4, -0.2) is 33.9 Å². The molecule has 0 aliphatic heterocycles. The number of carbonyl (C=O) groups excluding carboxylic acids is 2. The van der Waals surface area contributed by atoms with Gasteiger partial charge in [-0.3, -0.25) is 14.6 Å². The Bertz CT molecular complexity index is 1390. The molecule has 0 radical (unpaired) electrons. The van der Waals surface area contributed by atoms with Crippen LogP contribution in [-0.2, 0) is 4.79 Å². The number of pyridine rings is 1. The molecule has 10 heteroatoms. The number of anilines is 4. The van der Waals surface area contributed by atoms with Gasteiger partial charge in [0.05, 0.1) is 25.2 Å². The third-order valence-electron chi connectivity index (χ3n) is 4.74. The lowest BCUT2D eigenvalue weighted by Crippen LogP contribution is -2.15. The smallest absolute Gasteiger partial charge is 0.262 e. The summed E-state index contributed by atoms with van der Waals surface area (Å²) < 4.78 is 11.2. The summed E-state index contributed by atoms with van der Waals surface area (Å²) in [6, 6.07) is 17.4. The maximum atomic E-state index is 13.0. The van der Waals surface area contributed by atoms with Crippen molar-refractivity contribution in [1.29, 1.82) is 0 Å². The molecule has 0 aliphatic carbocycles. The number of carbonyl (C=O) groups is 2. The van der Waals surface area contributed by atoms with Crippen LogP contribution in [0, 0.1) is 0 Å². The van der Waals surface area contributed by atoms with E-state index >= 15 is 0 Å². The lowest BCUT2D eigenvalue weighted by molar-refractivity contribution is -0.111. The van der Waals surface area contributed by atoms with E-state index in [0.717, 1.165) is 6.08 Å². The largest absolute Gasteiger partial charge is 0.495 e. The second kappa shape index (κ2) is 11.3. The number of aromatic nitrogens is 3. The number of hydrogen-bond acceptors (Lipinski definition) is 8. The highest BCUT2D eigenvalue weighted by Gasteiger charge is 2.18. The third kappa shape index (κ3) is 6.20. The second-order valence-electron chi connectivity index (χ2n) is 7.29. The van der Waals surface area contributed by atoms with Crippen molar-refractivity contribution < 1.29 is 19.1 Å². The molecule has 4 rings (SSSR count). The number of nitrogens with zero attached hydrogens (tertiary/aromatic N) is 3. The number of ether oxygens (including phenoxy) is 2. The van der Waals surface area contributed by atoms with Gasteiger partial charge in [-0.05, 0) is 30.3 Å². The van der Waals surface area contributed by atoms with Gasteiger partial charge in [0.1, 0.15) is 17.1 Å². The van der Waals surface area contributed by atoms with Crippen LogP contribution in [0.5, 0.6) is 17.4 Å². The van der Waals surface area contributed by atoms with Crippen molar-refractivity contribution >= 4 is 34.8 Å². The molecule has 0 unspecified atom stereocenters. The quantitative estimate of drug-likeness (QED) is 0.291. The highest BCUT2D eigenvalue weighted by atomic mass is 16.5. The Balaban J connectivity index is 1.65. The van der Waals surface area contributed by atoms with Crippen LogP contribution in [0.3, 0.4) is 0 Å². The van der Waals surface area contributed by atoms with Crippen molar-refractivity contribution in [2.45, 2.75) is 0 Å². The molecule has 2 aromatic heterocycles. The molecule has 4 aromatic rings. The zero-order valence-electron chi connectivity index (χ0n) is 19.3. The zero-order valence-corrected chi connectivity index (χ0v) is 19.3. The molecular formula is C26H22N6O4. The third-order valence-corrected chi connectivity index (χ3v) is 4.74. The van der Waals surface area contributed by atoms with Crippen LogP contribution in [0.4, 0.5) is 23.0 Å². The first-order valence-corrected chi connectivity index (χ1v) is 10.7. The summed E-state index contributed by atoms with van der Waals surface area (Å²) in [7, 11) is 1.54. The first-order chi connectivity index (χ1) is 17.5. The van der Waals surface area contributed by atoms with Crippen molar-refractivity contribution in [3.63, 3.8) is 0 Å². The molecule has 10 nitrogen and oxygen atoms in total. The summed E-state index contributed by atoms with van der Waals surface area (Å²) in [5.41, 5.74) is 1.78. The average molecular weight is 483 g/mol. The molecule has 180 valence electrons. The molecule has 0 saturated carbocycles. The molecule has 0 bridgehead atoms. The summed E-state index contributed by atoms with van der Waals surface area (Å²) in [6.45, 7) is 3.44. The van der Waals surface area contributed by atoms with Gasteiger partial charge >= 0.3 is 0 Å². The molecule has 3 N–H and O–H groups in total. The molecule has 2 aromatic carbocycles. The Kier molecular flexibility index (Phi) is 7.47. The number of hydrogen-bond donors (Lipinski definition) is 3. The number of nitrogens with one attached hydrogen (secondary N) is 3. The lowest BCUT2D eigenvalue weighted by Gasteiger charge is -2.13. The predicted molar refractivity (Wildman–Crippen MR) is 136 cm³/mol. The molecule has 0 atom stereocenters. The SMILES string of the molecule is C=CC(=O)Nc1cccc(Oc2nc(Nc3cncc(OC)c3)ncc2C(=O)Nc2ccccc2)c1. The maximum absolute atomic E-state index is 13.0. The summed E-state index contributed by atoms with van der Waals surface area (Å²) >= 11 is 0. The van der Waals surface area contributed by atoms with Crippen molar-refractivity contribution in [3.05, 3.63) is 97.5 Å². The van der Waals surface area contributed by atoms with Crippen molar-refractivity contribution in [2.75, 3.05) is 23.1 Å². The molecule has 0 fully saturated rings. The van der Waals surface area contributed by atoms with Crippen LogP contribution < -0.4 is 25.4 Å². The first-order valence-electron chi connectivity index (χ1n) is 10.7. The summed E-state index contributed by atoms with van der Waals surface area (Å²) in [4.78, 5) is 37.5. The Hall–Kier alpha value is -5.25. The average Bonchev–Trinajstić information content (AvgIpc) is 2.89. The van der Waals surface area contributed by atoms with Crippen LogP contribution >= 0.6 is 0 Å². The first kappa shape index (κ1) is 23.9. The minimum absolute atomic E-state index is 0.00369. The monoisotopic (exact) mass is 482 g/mol. The molecule has 2 heterocycles. The van der Waals surface area contributed by atoms with Gasteiger partial charge in [-0.2, -0.15) is 4.98 Å². The van der Waals surface area contributed by atoms with Crippen LogP contribution in [0.2, 0.25) is 0 Å². The Labute approximate surface area is 207 Å². The van der Waals surface area contributed by atoms with Crippen molar-refractivity contribution in [1.82, 2.24) is 15.0 Å². The van der Waals surface area contributed by atoms with Gasteiger partial charge in [0.2, 0.25) is 17.7 Å². The molecule has 0 aliphatic rings. The fraction of sp³-hybridized carbons (Fsp3) is 0.0385.